The minimum absolute atomic E-state index is 0.00611. The van der Waals surface area contributed by atoms with Crippen LogP contribution in [0.5, 0.6) is 0 Å². The molecule has 1 aliphatic rings. The van der Waals surface area contributed by atoms with Crippen LogP contribution in [0.2, 0.25) is 0 Å². The van der Waals surface area contributed by atoms with Gasteiger partial charge in [-0.15, -0.1) is 0 Å². The lowest BCUT2D eigenvalue weighted by Gasteiger charge is -2.41. The number of hydrogen-bond donors (Lipinski definition) is 5. The molecule has 10 atom stereocenters. The minimum atomic E-state index is -1.49. The van der Waals surface area contributed by atoms with E-state index in [1.54, 1.807) is 54.1 Å². The number of nitrogens with zero attached hydrogens (tertiary/aromatic N) is 3. The quantitative estimate of drug-likeness (QED) is 0.0907. The molecule has 5 amide bonds. The van der Waals surface area contributed by atoms with Crippen molar-refractivity contribution >= 4 is 41.5 Å². The van der Waals surface area contributed by atoms with Gasteiger partial charge in [0.2, 0.25) is 29.5 Å². The summed E-state index contributed by atoms with van der Waals surface area (Å²) in [5.74, 6) is -5.95. The number of amides is 5. The number of carbonyl (C=O) groups excluding carboxylic acids is 5. The molecule has 0 bridgehead atoms. The summed E-state index contributed by atoms with van der Waals surface area (Å²) < 4.78 is 11.9. The van der Waals surface area contributed by atoms with E-state index in [4.69, 9.17) is 14.6 Å². The number of ether oxygens (including phenoxy) is 2. The van der Waals surface area contributed by atoms with Gasteiger partial charge >= 0.3 is 11.9 Å². The number of rotatable bonds is 26. The molecule has 350 valence electrons. The van der Waals surface area contributed by atoms with Gasteiger partial charge in [-0.1, -0.05) is 85.2 Å². The molecule has 0 saturated carbocycles. The van der Waals surface area contributed by atoms with Crippen LogP contribution in [0.3, 0.4) is 0 Å². The first-order valence-electron chi connectivity index (χ1n) is 21.8. The average Bonchev–Trinajstić information content (AvgIpc) is 3.70. The fourth-order valence-electron chi connectivity index (χ4n) is 8.57. The summed E-state index contributed by atoms with van der Waals surface area (Å²) in [6.45, 7) is 13.7. The lowest BCUT2D eigenvalue weighted by Crippen LogP contribution is -2.59. The van der Waals surface area contributed by atoms with E-state index in [-0.39, 0.29) is 54.7 Å². The summed E-state index contributed by atoms with van der Waals surface area (Å²) >= 11 is 0. The summed E-state index contributed by atoms with van der Waals surface area (Å²) in [6, 6.07) is 3.82. The minimum Gasteiger partial charge on any atom is -0.481 e. The Kier molecular flexibility index (Phi) is 22.0. The van der Waals surface area contributed by atoms with Crippen LogP contribution in [0.15, 0.2) is 30.3 Å². The Hall–Kier alpha value is -4.61. The second-order valence-electron chi connectivity index (χ2n) is 17.6. The average molecular weight is 875 g/mol. The molecular formula is C45H74N6O11. The lowest BCUT2D eigenvalue weighted by atomic mass is 9.89. The number of carboxylic acids is 2. The highest BCUT2D eigenvalue weighted by Crippen LogP contribution is 2.30. The van der Waals surface area contributed by atoms with E-state index in [1.165, 1.54) is 14.2 Å². The first kappa shape index (κ1) is 53.5. The van der Waals surface area contributed by atoms with Crippen molar-refractivity contribution < 1.29 is 53.2 Å². The zero-order chi connectivity index (χ0) is 47.0. The first-order valence-corrected chi connectivity index (χ1v) is 21.8. The molecule has 0 aromatic heterocycles. The number of carbonyl (C=O) groups is 7. The Labute approximate surface area is 368 Å². The SMILES string of the molecule is CC[C@H](C)[C@@H]([C@@H](CC(=O)N1CCCC1[C@H](OC)[C@@H](C)C(=O)N[C@@H](Cc1ccccc1)C(=O)NC(CCC(=O)O)C(=O)O)OC)N(C)C(=O)[C@@H](NC(=O)[C@H](C(C)C)N(C)C)C(C)C. The van der Waals surface area contributed by atoms with E-state index in [0.717, 1.165) is 0 Å². The van der Waals surface area contributed by atoms with Gasteiger partial charge in [-0.2, -0.15) is 0 Å². The van der Waals surface area contributed by atoms with E-state index < -0.39 is 84.6 Å². The van der Waals surface area contributed by atoms with Crippen molar-refractivity contribution in [2.75, 3.05) is 41.9 Å². The Morgan fingerprint density at radius 2 is 1.44 bits per heavy atom. The van der Waals surface area contributed by atoms with Crippen molar-refractivity contribution in [1.82, 2.24) is 30.7 Å². The summed E-state index contributed by atoms with van der Waals surface area (Å²) in [5.41, 5.74) is 0.693. The maximum absolute atomic E-state index is 14.3. The summed E-state index contributed by atoms with van der Waals surface area (Å²) in [5, 5.41) is 27.0. The standard InChI is InChI=1S/C45H74N6O11/c1-13-28(6)39(50(10)44(58)37(26(2)3)48-43(57)38(27(4)5)49(8)9)34(61-11)25-35(52)51-23-17-20-33(51)40(62-12)29(7)41(55)47-32(24-30-18-15-14-16-19-30)42(56)46-31(45(59)60)21-22-36(53)54/h14-16,18-19,26-29,31-34,37-40H,13,17,20-25H2,1-12H3,(H,46,56)(H,47,55)(H,48,57)(H,53,54)(H,59,60)/t28-,29+,31?,32-,33?,34+,37-,38-,39-,40+/m0/s1. The van der Waals surface area contributed by atoms with Crippen LogP contribution in [0.1, 0.15) is 92.6 Å². The maximum atomic E-state index is 14.3. The number of likely N-dealkylation sites (N-methyl/N-ethyl adjacent to an activating group) is 2. The second kappa shape index (κ2) is 25.5. The zero-order valence-corrected chi connectivity index (χ0v) is 38.9. The molecule has 1 fully saturated rings. The predicted molar refractivity (Wildman–Crippen MR) is 234 cm³/mol. The number of nitrogens with one attached hydrogen (secondary N) is 3. The molecule has 1 aromatic rings. The number of carboxylic acid groups (broad SMARTS) is 2. The van der Waals surface area contributed by atoms with Gasteiger partial charge in [0.05, 0.1) is 42.7 Å². The number of aliphatic carboxylic acids is 2. The summed E-state index contributed by atoms with van der Waals surface area (Å²) in [4.78, 5) is 97.9. The van der Waals surface area contributed by atoms with Gasteiger partial charge < -0.3 is 45.4 Å². The summed E-state index contributed by atoms with van der Waals surface area (Å²) in [7, 11) is 8.31. The zero-order valence-electron chi connectivity index (χ0n) is 38.9. The molecule has 17 heteroatoms. The molecule has 17 nitrogen and oxygen atoms in total. The van der Waals surface area contributed by atoms with Gasteiger partial charge in [0.1, 0.15) is 18.1 Å². The van der Waals surface area contributed by atoms with Crippen molar-refractivity contribution in [2.24, 2.45) is 23.7 Å². The van der Waals surface area contributed by atoms with Crippen LogP contribution < -0.4 is 16.0 Å². The molecule has 1 heterocycles. The Bertz CT molecular complexity index is 1630. The van der Waals surface area contributed by atoms with E-state index in [1.807, 2.05) is 60.5 Å². The molecule has 0 aliphatic carbocycles. The van der Waals surface area contributed by atoms with E-state index in [2.05, 4.69) is 16.0 Å². The van der Waals surface area contributed by atoms with Crippen LogP contribution in [0.4, 0.5) is 0 Å². The Balaban J connectivity index is 2.34. The number of benzene rings is 1. The van der Waals surface area contributed by atoms with Gasteiger partial charge in [-0.3, -0.25) is 33.7 Å². The lowest BCUT2D eigenvalue weighted by molar-refractivity contribution is -0.148. The number of methoxy groups -OCH3 is 2. The van der Waals surface area contributed by atoms with Crippen molar-refractivity contribution in [2.45, 2.75) is 142 Å². The molecule has 2 unspecified atom stereocenters. The van der Waals surface area contributed by atoms with Crippen LogP contribution in [0, 0.1) is 23.7 Å². The smallest absolute Gasteiger partial charge is 0.326 e. The van der Waals surface area contributed by atoms with Gasteiger partial charge in [0.15, 0.2) is 0 Å². The second-order valence-corrected chi connectivity index (χ2v) is 17.6. The fourth-order valence-corrected chi connectivity index (χ4v) is 8.57. The third-order valence-electron chi connectivity index (χ3n) is 12.1. The van der Waals surface area contributed by atoms with Crippen molar-refractivity contribution in [3.63, 3.8) is 0 Å². The Morgan fingerprint density at radius 1 is 0.823 bits per heavy atom. The number of likely N-dealkylation sites (tertiary alicyclic amines) is 1. The molecule has 1 aromatic carbocycles. The van der Waals surface area contributed by atoms with Crippen molar-refractivity contribution in [3.8, 4) is 0 Å². The van der Waals surface area contributed by atoms with E-state index in [0.29, 0.717) is 31.4 Å². The highest BCUT2D eigenvalue weighted by atomic mass is 16.5. The molecule has 1 aliphatic heterocycles. The maximum Gasteiger partial charge on any atom is 0.326 e. The normalized spacial score (nSPS) is 18.5. The number of hydrogen-bond acceptors (Lipinski definition) is 10. The van der Waals surface area contributed by atoms with Crippen molar-refractivity contribution in [3.05, 3.63) is 35.9 Å². The molecule has 5 N–H and O–H groups in total. The van der Waals surface area contributed by atoms with E-state index in [9.17, 15) is 38.7 Å². The van der Waals surface area contributed by atoms with Crippen molar-refractivity contribution in [1.29, 1.82) is 0 Å². The van der Waals surface area contributed by atoms with Gasteiger partial charge in [-0.25, -0.2) is 4.79 Å². The third-order valence-corrected chi connectivity index (χ3v) is 12.1. The molecule has 62 heavy (non-hydrogen) atoms. The van der Waals surface area contributed by atoms with Gasteiger partial charge in [-0.05, 0) is 56.7 Å². The molecule has 1 saturated heterocycles. The highest BCUT2D eigenvalue weighted by Gasteiger charge is 2.43. The molecule has 0 spiro atoms. The van der Waals surface area contributed by atoms with Crippen LogP contribution in [0.25, 0.3) is 0 Å². The largest absolute Gasteiger partial charge is 0.481 e. The fraction of sp³-hybridized carbons (Fsp3) is 0.711. The van der Waals surface area contributed by atoms with Crippen LogP contribution in [-0.4, -0.2) is 157 Å². The third kappa shape index (κ3) is 15.0. The monoisotopic (exact) mass is 875 g/mol. The molecule has 2 rings (SSSR count). The van der Waals surface area contributed by atoms with Gasteiger partial charge in [0, 0.05) is 40.7 Å². The van der Waals surface area contributed by atoms with E-state index >= 15 is 0 Å². The van der Waals surface area contributed by atoms with Gasteiger partial charge in [0.25, 0.3) is 0 Å². The molecular weight excluding hydrogens is 801 g/mol. The molecule has 0 radical (unpaired) electrons. The van der Waals surface area contributed by atoms with Crippen LogP contribution in [-0.2, 0) is 49.5 Å². The topological polar surface area (TPSA) is 224 Å². The highest BCUT2D eigenvalue weighted by molar-refractivity contribution is 5.92. The first-order chi connectivity index (χ1) is 29.1. The summed E-state index contributed by atoms with van der Waals surface area (Å²) in [6.07, 6.45) is -0.548. The van der Waals surface area contributed by atoms with Crippen LogP contribution >= 0.6 is 0 Å². The Morgan fingerprint density at radius 3 is 1.94 bits per heavy atom. The predicted octanol–water partition coefficient (Wildman–Crippen LogP) is 2.80.